The third kappa shape index (κ3) is 5.89. The first-order valence-electron chi connectivity index (χ1n) is 9.83. The molecule has 2 aromatic carbocycles. The molecule has 0 aliphatic carbocycles. The van der Waals surface area contributed by atoms with Crippen molar-refractivity contribution in [1.82, 2.24) is 4.90 Å². The molecule has 2 rings (SSSR count). The summed E-state index contributed by atoms with van der Waals surface area (Å²) in [6, 6.07) is 20.5. The number of rotatable bonds is 9. The number of benzene rings is 2. The van der Waals surface area contributed by atoms with Crippen molar-refractivity contribution in [3.8, 4) is 0 Å². The lowest BCUT2D eigenvalue weighted by Gasteiger charge is -2.29. The number of nitrogens with zero attached hydrogens (tertiary/aromatic N) is 3. The van der Waals surface area contributed by atoms with E-state index >= 15 is 0 Å². The normalized spacial score (nSPS) is 12.7. The Morgan fingerprint density at radius 1 is 0.929 bits per heavy atom. The minimum Gasteiger partial charge on any atom is -0.396 e. The second-order valence-electron chi connectivity index (χ2n) is 6.96. The van der Waals surface area contributed by atoms with Gasteiger partial charge in [0.25, 0.3) is 0 Å². The number of amidine groups is 1. The summed E-state index contributed by atoms with van der Waals surface area (Å²) in [5.41, 5.74) is 3.58. The van der Waals surface area contributed by atoms with Crippen LogP contribution in [0.1, 0.15) is 44.7 Å². The Hall–Kier alpha value is -2.72. The summed E-state index contributed by atoms with van der Waals surface area (Å²) < 4.78 is 0. The lowest BCUT2D eigenvalue weighted by Crippen LogP contribution is -2.36. The van der Waals surface area contributed by atoms with Crippen LogP contribution >= 0.6 is 0 Å². The summed E-state index contributed by atoms with van der Waals surface area (Å²) in [6.45, 7) is 11.2. The predicted molar refractivity (Wildman–Crippen MR) is 121 cm³/mol. The molecule has 0 heterocycles. The molecular weight excluding hydrogens is 346 g/mol. The Kier molecular flexibility index (Phi) is 8.63. The van der Waals surface area contributed by atoms with Crippen molar-refractivity contribution in [3.63, 3.8) is 0 Å². The second kappa shape index (κ2) is 11.2. The van der Waals surface area contributed by atoms with Crippen LogP contribution in [0.5, 0.6) is 0 Å². The highest BCUT2D eigenvalue weighted by Gasteiger charge is 2.15. The van der Waals surface area contributed by atoms with Crippen molar-refractivity contribution < 1.29 is 5.11 Å². The van der Waals surface area contributed by atoms with Gasteiger partial charge in [-0.3, -0.25) is 4.99 Å². The van der Waals surface area contributed by atoms with Gasteiger partial charge in [-0.05, 0) is 40.3 Å². The SMILES string of the molecule is C=N/C(=C(\N=C(/C)N(CCCCO)C(C)C)c1ccccc1)c1ccccc1. The molecule has 0 saturated carbocycles. The van der Waals surface area contributed by atoms with Gasteiger partial charge in [0.2, 0.25) is 0 Å². The van der Waals surface area contributed by atoms with E-state index in [1.54, 1.807) is 0 Å². The maximum absolute atomic E-state index is 9.11. The highest BCUT2D eigenvalue weighted by molar-refractivity contribution is 5.96. The Morgan fingerprint density at radius 2 is 1.46 bits per heavy atom. The van der Waals surface area contributed by atoms with Crippen molar-refractivity contribution in [2.45, 2.75) is 39.7 Å². The van der Waals surface area contributed by atoms with Gasteiger partial charge in [0.05, 0.1) is 11.4 Å². The van der Waals surface area contributed by atoms with Crippen LogP contribution in [0.15, 0.2) is 70.6 Å². The van der Waals surface area contributed by atoms with Crippen LogP contribution in [0.25, 0.3) is 11.4 Å². The van der Waals surface area contributed by atoms with E-state index in [1.807, 2.05) is 67.6 Å². The van der Waals surface area contributed by atoms with Gasteiger partial charge in [0.1, 0.15) is 5.84 Å². The molecule has 4 nitrogen and oxygen atoms in total. The number of hydrogen-bond acceptors (Lipinski definition) is 3. The largest absolute Gasteiger partial charge is 0.396 e. The number of unbranched alkanes of at least 4 members (excludes halogenated alkanes) is 1. The van der Waals surface area contributed by atoms with Crippen molar-refractivity contribution in [2.24, 2.45) is 9.98 Å². The molecule has 0 amide bonds. The highest BCUT2D eigenvalue weighted by Crippen LogP contribution is 2.29. The summed E-state index contributed by atoms with van der Waals surface area (Å²) in [5.74, 6) is 0.934. The van der Waals surface area contributed by atoms with E-state index in [2.05, 4.69) is 30.5 Å². The molecule has 0 aliphatic heterocycles. The van der Waals surface area contributed by atoms with Gasteiger partial charge in [-0.2, -0.15) is 0 Å². The molecule has 28 heavy (non-hydrogen) atoms. The van der Waals surface area contributed by atoms with E-state index in [4.69, 9.17) is 10.1 Å². The molecule has 0 atom stereocenters. The van der Waals surface area contributed by atoms with Gasteiger partial charge >= 0.3 is 0 Å². The van der Waals surface area contributed by atoms with E-state index in [-0.39, 0.29) is 6.61 Å². The predicted octanol–water partition coefficient (Wildman–Crippen LogP) is 5.11. The fraction of sp³-hybridized carbons (Fsp3) is 0.333. The van der Waals surface area contributed by atoms with Gasteiger partial charge < -0.3 is 10.0 Å². The van der Waals surface area contributed by atoms with Gasteiger partial charge in [-0.1, -0.05) is 60.7 Å². The zero-order valence-corrected chi connectivity index (χ0v) is 17.2. The average molecular weight is 378 g/mol. The lowest BCUT2D eigenvalue weighted by atomic mass is 10.1. The maximum Gasteiger partial charge on any atom is 0.102 e. The second-order valence-corrected chi connectivity index (χ2v) is 6.96. The fourth-order valence-corrected chi connectivity index (χ4v) is 3.16. The molecule has 0 bridgehead atoms. The number of aliphatic hydroxyl groups is 1. The molecular formula is C24H31N3O. The standard InChI is InChI=1S/C24H31N3O/c1-19(2)27(17-11-12-18-28)20(3)26-24(22-15-9-6-10-16-22)23(25-4)21-13-7-5-8-14-21/h5-10,13-16,19,28H,4,11-12,17-18H2,1-3H3/b24-23-,26-20+. The fourth-order valence-electron chi connectivity index (χ4n) is 3.16. The van der Waals surface area contributed by atoms with E-state index in [0.29, 0.717) is 6.04 Å². The first-order chi connectivity index (χ1) is 13.6. The van der Waals surface area contributed by atoms with E-state index in [0.717, 1.165) is 47.7 Å². The van der Waals surface area contributed by atoms with Crippen molar-refractivity contribution >= 4 is 23.9 Å². The Balaban J connectivity index is 2.54. The smallest absolute Gasteiger partial charge is 0.102 e. The van der Waals surface area contributed by atoms with Gasteiger partial charge in [0, 0.05) is 30.3 Å². The quantitative estimate of drug-likeness (QED) is 0.285. The van der Waals surface area contributed by atoms with Crippen LogP contribution in [0, 0.1) is 0 Å². The topological polar surface area (TPSA) is 48.2 Å². The Bertz CT molecular complexity index is 795. The molecule has 148 valence electrons. The lowest BCUT2D eigenvalue weighted by molar-refractivity contribution is 0.267. The first kappa shape index (κ1) is 21.6. The van der Waals surface area contributed by atoms with Crippen molar-refractivity contribution in [3.05, 3.63) is 71.8 Å². The zero-order chi connectivity index (χ0) is 20.4. The highest BCUT2D eigenvalue weighted by atomic mass is 16.2. The molecule has 0 aliphatic rings. The third-order valence-corrected chi connectivity index (χ3v) is 4.60. The zero-order valence-electron chi connectivity index (χ0n) is 17.2. The van der Waals surface area contributed by atoms with E-state index in [1.165, 1.54) is 0 Å². The molecule has 0 fully saturated rings. The minimum absolute atomic E-state index is 0.218. The molecule has 1 N–H and O–H groups in total. The van der Waals surface area contributed by atoms with Crippen molar-refractivity contribution in [1.29, 1.82) is 0 Å². The van der Waals surface area contributed by atoms with E-state index in [9.17, 15) is 0 Å². The number of hydrogen-bond donors (Lipinski definition) is 1. The van der Waals surface area contributed by atoms with E-state index < -0.39 is 0 Å². The first-order valence-corrected chi connectivity index (χ1v) is 9.83. The van der Waals surface area contributed by atoms with Crippen LogP contribution in [0.3, 0.4) is 0 Å². The summed E-state index contributed by atoms with van der Waals surface area (Å²) >= 11 is 0. The molecule has 0 spiro atoms. The molecule has 0 aromatic heterocycles. The van der Waals surface area contributed by atoms with Crippen LogP contribution in [-0.2, 0) is 0 Å². The van der Waals surface area contributed by atoms with Gasteiger partial charge in [-0.25, -0.2) is 4.99 Å². The van der Waals surface area contributed by atoms with Crippen LogP contribution < -0.4 is 0 Å². The summed E-state index contributed by atoms with van der Waals surface area (Å²) in [6.07, 6.45) is 1.72. The molecule has 4 heteroatoms. The molecule has 0 saturated heterocycles. The summed E-state index contributed by atoms with van der Waals surface area (Å²) in [4.78, 5) is 11.6. The Morgan fingerprint density at radius 3 is 1.93 bits per heavy atom. The number of aliphatic imine (C=N–C) groups is 2. The Labute approximate surface area is 169 Å². The molecule has 2 aromatic rings. The summed E-state index contributed by atoms with van der Waals surface area (Å²) in [5, 5.41) is 9.11. The maximum atomic E-state index is 9.11. The average Bonchev–Trinajstić information content (AvgIpc) is 2.72. The minimum atomic E-state index is 0.218. The molecule has 0 radical (unpaired) electrons. The monoisotopic (exact) mass is 377 g/mol. The van der Waals surface area contributed by atoms with Crippen molar-refractivity contribution in [2.75, 3.05) is 13.2 Å². The van der Waals surface area contributed by atoms with Crippen LogP contribution in [-0.4, -0.2) is 41.8 Å². The molecule has 0 unspecified atom stereocenters. The van der Waals surface area contributed by atoms with Gasteiger partial charge in [0.15, 0.2) is 0 Å². The van der Waals surface area contributed by atoms with Crippen LogP contribution in [0.2, 0.25) is 0 Å². The number of aliphatic hydroxyl groups excluding tert-OH is 1. The van der Waals surface area contributed by atoms with Crippen LogP contribution in [0.4, 0.5) is 0 Å². The third-order valence-electron chi connectivity index (χ3n) is 4.60. The summed E-state index contributed by atoms with van der Waals surface area (Å²) in [7, 11) is 0. The van der Waals surface area contributed by atoms with Gasteiger partial charge in [-0.15, -0.1) is 0 Å².